The molecular weight excluding hydrogens is 1180 g/mol. The molecule has 0 fully saturated rings. The van der Waals surface area contributed by atoms with Gasteiger partial charge >= 0.3 is 0 Å². The molecule has 8 nitrogen and oxygen atoms in total. The Morgan fingerprint density at radius 1 is 0.135 bits per heavy atom. The van der Waals surface area contributed by atoms with Gasteiger partial charge < -0.3 is 37.9 Å². The van der Waals surface area contributed by atoms with Gasteiger partial charge in [-0.05, 0) is 228 Å². The van der Waals surface area contributed by atoms with E-state index in [-0.39, 0.29) is 0 Å². The second-order valence-corrected chi connectivity index (χ2v) is 24.6. The zero-order valence-corrected chi connectivity index (χ0v) is 54.4. The maximum absolute atomic E-state index is 6.25. The minimum Gasteiger partial charge on any atom is -0.496 e. The molecule has 0 heterocycles. The molecule has 8 heteroatoms. The summed E-state index contributed by atoms with van der Waals surface area (Å²) in [6.07, 6.45) is 0. The van der Waals surface area contributed by atoms with E-state index in [4.69, 9.17) is 37.9 Å². The zero-order chi connectivity index (χ0) is 65.0. The summed E-state index contributed by atoms with van der Waals surface area (Å²) >= 11 is 0. The number of ether oxygens (including phenoxy) is 8. The van der Waals surface area contributed by atoms with E-state index in [1.807, 2.05) is 0 Å². The first-order chi connectivity index (χ1) is 47.2. The van der Waals surface area contributed by atoms with Gasteiger partial charge in [0.2, 0.25) is 0 Å². The Bertz CT molecular complexity index is 4870. The fraction of sp³-hybridized carbons (Fsp3) is 0.0909. The van der Waals surface area contributed by atoms with Gasteiger partial charge in [0.1, 0.15) is 46.0 Å². The average Bonchev–Trinajstić information content (AvgIpc) is 0.777. The van der Waals surface area contributed by atoms with Gasteiger partial charge in [-0.1, -0.05) is 146 Å². The number of methoxy groups -OCH3 is 8. The summed E-state index contributed by atoms with van der Waals surface area (Å²) in [6, 6.07) is 87.4. The molecule has 40 rings (SSSR count). The molecule has 32 bridgehead atoms. The quantitative estimate of drug-likeness (QED) is 0.149. The molecule has 16 aromatic rings. The van der Waals surface area contributed by atoms with Crippen molar-refractivity contribution in [2.45, 2.75) is 0 Å². The third-order valence-corrected chi connectivity index (χ3v) is 19.9. The second-order valence-electron chi connectivity index (χ2n) is 24.6. The Hall–Kier alpha value is -12.0. The van der Waals surface area contributed by atoms with Gasteiger partial charge in [0.05, 0.1) is 56.9 Å². The topological polar surface area (TPSA) is 73.8 Å². The molecule has 0 N–H and O–H groups in total. The van der Waals surface area contributed by atoms with Crippen LogP contribution in [0.4, 0.5) is 0 Å². The third kappa shape index (κ3) is 9.04. The smallest absolute Gasteiger partial charge is 0.127 e. The summed E-state index contributed by atoms with van der Waals surface area (Å²) < 4.78 is 50.0. The van der Waals surface area contributed by atoms with Crippen LogP contribution in [-0.4, -0.2) is 56.9 Å². The largest absolute Gasteiger partial charge is 0.496 e. The lowest BCUT2D eigenvalue weighted by Gasteiger charge is -2.20. The van der Waals surface area contributed by atoms with Crippen molar-refractivity contribution in [1.82, 2.24) is 0 Å². The lowest BCUT2D eigenvalue weighted by molar-refractivity contribution is 0.411. The fourth-order valence-electron chi connectivity index (χ4n) is 15.3. The molecule has 0 saturated carbocycles. The molecule has 0 amide bonds. The Balaban J connectivity index is 0.886. The van der Waals surface area contributed by atoms with E-state index in [1.165, 1.54) is 0 Å². The molecule has 0 aromatic heterocycles. The van der Waals surface area contributed by atoms with Crippen LogP contribution in [0.1, 0.15) is 0 Å². The van der Waals surface area contributed by atoms with Gasteiger partial charge in [0, 0.05) is 44.5 Å². The molecule has 0 saturated heterocycles. The Morgan fingerprint density at radius 2 is 0.250 bits per heavy atom. The summed E-state index contributed by atoms with van der Waals surface area (Å²) in [4.78, 5) is 0. The normalized spacial score (nSPS) is 11.8. The van der Waals surface area contributed by atoms with Crippen molar-refractivity contribution in [3.63, 3.8) is 0 Å². The van der Waals surface area contributed by atoms with Crippen LogP contribution in [-0.2, 0) is 0 Å². The molecule has 24 aliphatic carbocycles. The van der Waals surface area contributed by atoms with E-state index in [2.05, 4.69) is 243 Å². The van der Waals surface area contributed by atoms with Crippen molar-refractivity contribution in [2.24, 2.45) is 0 Å². The first-order valence-corrected chi connectivity index (χ1v) is 32.1. The summed E-state index contributed by atoms with van der Waals surface area (Å²) in [5, 5.41) is 16.9. The molecule has 0 radical (unpaired) electrons. The van der Waals surface area contributed by atoms with Crippen LogP contribution in [0.5, 0.6) is 46.0 Å². The van der Waals surface area contributed by atoms with Crippen molar-refractivity contribution in [2.75, 3.05) is 56.9 Å². The van der Waals surface area contributed by atoms with Crippen LogP contribution in [0.2, 0.25) is 0 Å². The van der Waals surface area contributed by atoms with Crippen LogP contribution in [0.15, 0.2) is 243 Å². The lowest BCUT2D eigenvalue weighted by Crippen LogP contribution is -1.96. The third-order valence-electron chi connectivity index (χ3n) is 19.9. The lowest BCUT2D eigenvalue weighted by atomic mass is 9.88. The first-order valence-electron chi connectivity index (χ1n) is 32.1. The molecular formula is C88H64O8. The number of rotatable bonds is 8. The van der Waals surface area contributed by atoms with Gasteiger partial charge in [-0.2, -0.15) is 0 Å². The van der Waals surface area contributed by atoms with Crippen molar-refractivity contribution in [3.8, 4) is 135 Å². The molecule has 0 aliphatic heterocycles. The SMILES string of the molecule is COc1ccc2cc3ccc2c1-c1c(OC)ccc2cc(ccc12)-c1ccc2c(c(OC)ccc2c1)-c1c(OC)ccc2cc(ccc12)-c1ccc2c(c(OC)ccc2c1)-c1c(OC)ccc2cc(ccc12)-c1ccc2c(c(OC)ccc2c1)-c1c(OC)ccc2cc-3ccc12. The highest BCUT2D eigenvalue weighted by Crippen LogP contribution is 2.53. The van der Waals surface area contributed by atoms with Crippen molar-refractivity contribution < 1.29 is 37.9 Å². The second kappa shape index (κ2) is 22.9. The van der Waals surface area contributed by atoms with Crippen LogP contribution in [0.3, 0.4) is 0 Å². The Morgan fingerprint density at radius 3 is 0.354 bits per heavy atom. The van der Waals surface area contributed by atoms with E-state index in [0.717, 1.165) is 221 Å². The van der Waals surface area contributed by atoms with Gasteiger partial charge in [-0.25, -0.2) is 0 Å². The number of hydrogen-bond acceptors (Lipinski definition) is 8. The Labute approximate surface area is 555 Å². The average molecular weight is 1250 g/mol. The molecule has 24 aliphatic rings. The van der Waals surface area contributed by atoms with E-state index >= 15 is 0 Å². The van der Waals surface area contributed by atoms with E-state index in [0.29, 0.717) is 0 Å². The highest BCUT2D eigenvalue weighted by molar-refractivity contribution is 6.16. The van der Waals surface area contributed by atoms with Crippen LogP contribution in [0, 0.1) is 0 Å². The minimum absolute atomic E-state index is 0.754. The molecule has 0 spiro atoms. The van der Waals surface area contributed by atoms with Gasteiger partial charge in [0.15, 0.2) is 0 Å². The van der Waals surface area contributed by atoms with Gasteiger partial charge in [-0.3, -0.25) is 0 Å². The molecule has 96 heavy (non-hydrogen) atoms. The zero-order valence-electron chi connectivity index (χ0n) is 54.4. The predicted molar refractivity (Wildman–Crippen MR) is 396 cm³/mol. The van der Waals surface area contributed by atoms with Crippen LogP contribution >= 0.6 is 0 Å². The minimum atomic E-state index is 0.754. The Kier molecular flexibility index (Phi) is 13.8. The summed E-state index contributed by atoms with van der Waals surface area (Å²) in [5.41, 5.74) is 16.4. The summed E-state index contributed by atoms with van der Waals surface area (Å²) in [5.74, 6) is 6.03. The first kappa shape index (κ1) is 57.9. The number of benzene rings is 16. The number of hydrogen-bond donors (Lipinski definition) is 0. The van der Waals surface area contributed by atoms with Crippen molar-refractivity contribution in [3.05, 3.63) is 243 Å². The molecule has 0 unspecified atom stereocenters. The van der Waals surface area contributed by atoms with Crippen molar-refractivity contribution >= 4 is 86.2 Å². The monoisotopic (exact) mass is 1250 g/mol. The van der Waals surface area contributed by atoms with Gasteiger partial charge in [-0.15, -0.1) is 0 Å². The highest BCUT2D eigenvalue weighted by Gasteiger charge is 2.26. The summed E-state index contributed by atoms with van der Waals surface area (Å²) in [7, 11) is 13.9. The maximum atomic E-state index is 6.25. The van der Waals surface area contributed by atoms with Gasteiger partial charge in [0.25, 0.3) is 0 Å². The maximum Gasteiger partial charge on any atom is 0.127 e. The van der Waals surface area contributed by atoms with E-state index in [1.54, 1.807) is 56.9 Å². The van der Waals surface area contributed by atoms with E-state index in [9.17, 15) is 0 Å². The predicted octanol–water partition coefficient (Wildman–Crippen LogP) is 22.6. The van der Waals surface area contributed by atoms with Crippen LogP contribution in [0.25, 0.3) is 175 Å². The fourth-order valence-corrected chi connectivity index (χ4v) is 15.3. The van der Waals surface area contributed by atoms with Crippen molar-refractivity contribution in [1.29, 1.82) is 0 Å². The molecule has 0 atom stereocenters. The molecule has 16 aromatic carbocycles. The molecule has 464 valence electrons. The standard InChI is InChI=1S/C88H64O8/c1-89-73-33-17-57-41-49-9-25-65(57)81(73)82-66-26-10-50(42-58(66)18-34-74(82)90-2)52-12-28-68-60(44-52)20-36-76(92-4)84(68)86-70-30-14-54(46-62(70)22-38-78(86)94-6)56-16-32-72-64(48-56)24-40-80(96-8)88(72)87-71-31-15-55(47-63(71)23-39-79(87)95-7)53-13-29-69-61(45-53)21-37-77(93-5)85(69)83-67-27-11-51(49)43-59(67)19-35-75(83)91-3/h9-48H,1-8H3. The van der Waals surface area contributed by atoms with Crippen LogP contribution < -0.4 is 37.9 Å². The summed E-state index contributed by atoms with van der Waals surface area (Å²) in [6.45, 7) is 0. The van der Waals surface area contributed by atoms with E-state index < -0.39 is 0 Å². The highest BCUT2D eigenvalue weighted by atomic mass is 16.5.